The summed E-state index contributed by atoms with van der Waals surface area (Å²) in [5.41, 5.74) is 8.96. The van der Waals surface area contributed by atoms with Crippen molar-refractivity contribution in [2.24, 2.45) is 0 Å². The van der Waals surface area contributed by atoms with Crippen molar-refractivity contribution in [2.75, 3.05) is 17.6 Å². The third-order valence-electron chi connectivity index (χ3n) is 3.05. The summed E-state index contributed by atoms with van der Waals surface area (Å²) in [6.45, 7) is 0.983. The summed E-state index contributed by atoms with van der Waals surface area (Å²) in [4.78, 5) is 0. The average molecular weight is 275 g/mol. The van der Waals surface area contributed by atoms with Crippen LogP contribution in [0.1, 0.15) is 18.4 Å². The van der Waals surface area contributed by atoms with Gasteiger partial charge in [-0.2, -0.15) is 0 Å². The first-order valence-corrected chi connectivity index (χ1v) is 6.96. The number of rotatable bonds is 6. The van der Waals surface area contributed by atoms with E-state index in [0.29, 0.717) is 0 Å². The Morgan fingerprint density at radius 2 is 1.58 bits per heavy atom. The maximum Gasteiger partial charge on any atom is 0.0407 e. The van der Waals surface area contributed by atoms with Crippen LogP contribution in [0.2, 0.25) is 5.02 Å². The van der Waals surface area contributed by atoms with Crippen molar-refractivity contribution in [1.82, 2.24) is 0 Å². The number of unbranched alkanes of at least 4 members (excludes halogenated alkanes) is 1. The number of nitrogen functional groups attached to an aromatic ring is 1. The third kappa shape index (κ3) is 4.84. The SMILES string of the molecule is Nc1ccc(CCCCNc2ccc(Cl)cc2)cc1. The number of aryl methyl sites for hydroxylation is 1. The van der Waals surface area contributed by atoms with Crippen molar-refractivity contribution in [3.05, 3.63) is 59.1 Å². The number of nitrogens with two attached hydrogens (primary N) is 1. The Morgan fingerprint density at radius 1 is 0.895 bits per heavy atom. The molecule has 0 unspecified atom stereocenters. The van der Waals surface area contributed by atoms with Crippen molar-refractivity contribution in [1.29, 1.82) is 0 Å². The van der Waals surface area contributed by atoms with Gasteiger partial charge in [0.1, 0.15) is 0 Å². The van der Waals surface area contributed by atoms with Crippen LogP contribution in [-0.4, -0.2) is 6.54 Å². The molecule has 0 atom stereocenters. The molecule has 2 aromatic carbocycles. The number of anilines is 2. The maximum absolute atomic E-state index is 5.84. The number of hydrogen-bond acceptors (Lipinski definition) is 2. The van der Waals surface area contributed by atoms with Gasteiger partial charge in [0.15, 0.2) is 0 Å². The summed E-state index contributed by atoms with van der Waals surface area (Å²) in [6.07, 6.45) is 3.42. The van der Waals surface area contributed by atoms with E-state index in [1.165, 1.54) is 12.0 Å². The van der Waals surface area contributed by atoms with E-state index in [1.54, 1.807) is 0 Å². The Kier molecular flexibility index (Phi) is 5.10. The molecule has 0 aliphatic carbocycles. The average Bonchev–Trinajstić information content (AvgIpc) is 2.43. The van der Waals surface area contributed by atoms with Crippen molar-refractivity contribution in [3.63, 3.8) is 0 Å². The molecule has 2 nitrogen and oxygen atoms in total. The van der Waals surface area contributed by atoms with Gasteiger partial charge in [0.2, 0.25) is 0 Å². The molecule has 100 valence electrons. The molecule has 0 aliphatic rings. The molecule has 0 heterocycles. The summed E-state index contributed by atoms with van der Waals surface area (Å²) in [5.74, 6) is 0. The highest BCUT2D eigenvalue weighted by molar-refractivity contribution is 6.30. The third-order valence-corrected chi connectivity index (χ3v) is 3.30. The second-order valence-electron chi connectivity index (χ2n) is 4.63. The van der Waals surface area contributed by atoms with Crippen LogP contribution in [0.3, 0.4) is 0 Å². The number of nitrogens with one attached hydrogen (secondary N) is 1. The normalized spacial score (nSPS) is 10.4. The van der Waals surface area contributed by atoms with E-state index in [9.17, 15) is 0 Å². The minimum Gasteiger partial charge on any atom is -0.399 e. The standard InChI is InChI=1S/C16H19ClN2/c17-14-6-10-16(11-7-14)19-12-2-1-3-13-4-8-15(18)9-5-13/h4-11,19H,1-3,12,18H2. The summed E-state index contributed by atoms with van der Waals surface area (Å²) >= 11 is 5.84. The number of benzene rings is 2. The second-order valence-corrected chi connectivity index (χ2v) is 5.07. The molecule has 0 saturated heterocycles. The number of halogens is 1. The van der Waals surface area contributed by atoms with E-state index >= 15 is 0 Å². The second kappa shape index (κ2) is 7.05. The molecule has 2 aromatic rings. The Labute approximate surface area is 119 Å². The lowest BCUT2D eigenvalue weighted by atomic mass is 10.1. The Balaban J connectivity index is 1.64. The zero-order chi connectivity index (χ0) is 13.5. The van der Waals surface area contributed by atoms with Crippen LogP contribution in [0.25, 0.3) is 0 Å². The van der Waals surface area contributed by atoms with E-state index in [4.69, 9.17) is 17.3 Å². The van der Waals surface area contributed by atoms with Gasteiger partial charge in [-0.1, -0.05) is 23.7 Å². The van der Waals surface area contributed by atoms with E-state index in [2.05, 4.69) is 17.4 Å². The van der Waals surface area contributed by atoms with Gasteiger partial charge >= 0.3 is 0 Å². The molecule has 19 heavy (non-hydrogen) atoms. The molecule has 3 N–H and O–H groups in total. The first-order chi connectivity index (χ1) is 9.24. The highest BCUT2D eigenvalue weighted by Gasteiger charge is 1.95. The van der Waals surface area contributed by atoms with Crippen LogP contribution in [0.15, 0.2) is 48.5 Å². The minimum absolute atomic E-state index is 0.772. The number of hydrogen-bond donors (Lipinski definition) is 2. The maximum atomic E-state index is 5.84. The lowest BCUT2D eigenvalue weighted by molar-refractivity contribution is 0.763. The van der Waals surface area contributed by atoms with E-state index in [0.717, 1.165) is 35.8 Å². The van der Waals surface area contributed by atoms with Crippen LogP contribution in [0, 0.1) is 0 Å². The first-order valence-electron chi connectivity index (χ1n) is 6.58. The largest absolute Gasteiger partial charge is 0.399 e. The molecule has 0 bridgehead atoms. The Morgan fingerprint density at radius 3 is 2.26 bits per heavy atom. The first kappa shape index (κ1) is 13.8. The van der Waals surface area contributed by atoms with Crippen LogP contribution in [-0.2, 0) is 6.42 Å². The van der Waals surface area contributed by atoms with E-state index in [1.807, 2.05) is 36.4 Å². The predicted octanol–water partition coefficient (Wildman–Crippen LogP) is 4.36. The van der Waals surface area contributed by atoms with Crippen molar-refractivity contribution >= 4 is 23.0 Å². The lowest BCUT2D eigenvalue weighted by Crippen LogP contribution is -2.01. The molecule has 0 radical (unpaired) electrons. The zero-order valence-corrected chi connectivity index (χ0v) is 11.7. The molecule has 0 amide bonds. The summed E-state index contributed by atoms with van der Waals surface area (Å²) in [5, 5.41) is 4.16. The highest BCUT2D eigenvalue weighted by atomic mass is 35.5. The lowest BCUT2D eigenvalue weighted by Gasteiger charge is -2.06. The zero-order valence-electron chi connectivity index (χ0n) is 10.9. The van der Waals surface area contributed by atoms with Crippen LogP contribution < -0.4 is 11.1 Å². The van der Waals surface area contributed by atoms with Gasteiger partial charge in [-0.05, 0) is 61.2 Å². The monoisotopic (exact) mass is 274 g/mol. The fourth-order valence-corrected chi connectivity index (χ4v) is 2.06. The fourth-order valence-electron chi connectivity index (χ4n) is 1.94. The van der Waals surface area contributed by atoms with Gasteiger partial charge in [0, 0.05) is 22.9 Å². The van der Waals surface area contributed by atoms with Gasteiger partial charge < -0.3 is 11.1 Å². The molecule has 0 spiro atoms. The van der Waals surface area contributed by atoms with Crippen molar-refractivity contribution in [2.45, 2.75) is 19.3 Å². The molecule has 0 aliphatic heterocycles. The summed E-state index contributed by atoms with van der Waals surface area (Å²) in [7, 11) is 0. The van der Waals surface area contributed by atoms with Gasteiger partial charge in [-0.25, -0.2) is 0 Å². The smallest absolute Gasteiger partial charge is 0.0407 e. The van der Waals surface area contributed by atoms with Gasteiger partial charge in [-0.3, -0.25) is 0 Å². The van der Waals surface area contributed by atoms with Crippen LogP contribution >= 0.6 is 11.6 Å². The Hall–Kier alpha value is -1.67. The Bertz CT molecular complexity index is 444. The molecule has 0 saturated carbocycles. The van der Waals surface area contributed by atoms with Crippen molar-refractivity contribution < 1.29 is 0 Å². The molecule has 0 aromatic heterocycles. The van der Waals surface area contributed by atoms with Gasteiger partial charge in [0.05, 0.1) is 0 Å². The minimum atomic E-state index is 0.772. The molecular formula is C16H19ClN2. The summed E-state index contributed by atoms with van der Waals surface area (Å²) in [6, 6.07) is 15.9. The molecular weight excluding hydrogens is 256 g/mol. The van der Waals surface area contributed by atoms with Crippen molar-refractivity contribution in [3.8, 4) is 0 Å². The van der Waals surface area contributed by atoms with Gasteiger partial charge in [0.25, 0.3) is 0 Å². The predicted molar refractivity (Wildman–Crippen MR) is 83.7 cm³/mol. The topological polar surface area (TPSA) is 38.0 Å². The highest BCUT2D eigenvalue weighted by Crippen LogP contribution is 2.14. The summed E-state index contributed by atoms with van der Waals surface area (Å²) < 4.78 is 0. The molecule has 3 heteroatoms. The van der Waals surface area contributed by atoms with E-state index in [-0.39, 0.29) is 0 Å². The van der Waals surface area contributed by atoms with Crippen LogP contribution in [0.4, 0.5) is 11.4 Å². The fraction of sp³-hybridized carbons (Fsp3) is 0.250. The molecule has 0 fully saturated rings. The molecule has 2 rings (SSSR count). The quantitative estimate of drug-likeness (QED) is 0.607. The van der Waals surface area contributed by atoms with Gasteiger partial charge in [-0.15, -0.1) is 0 Å². The van der Waals surface area contributed by atoms with E-state index < -0.39 is 0 Å². The van der Waals surface area contributed by atoms with Crippen LogP contribution in [0.5, 0.6) is 0 Å².